The zero-order valence-corrected chi connectivity index (χ0v) is 23.4. The van der Waals surface area contributed by atoms with Gasteiger partial charge in [-0.05, 0) is 16.7 Å². The number of imidazole rings is 1. The summed E-state index contributed by atoms with van der Waals surface area (Å²) >= 11 is 0. The Hall–Kier alpha value is -5.45. The van der Waals surface area contributed by atoms with Gasteiger partial charge >= 0.3 is 6.09 Å². The van der Waals surface area contributed by atoms with Crippen LogP contribution in [0.5, 0.6) is 0 Å². The first-order valence-electron chi connectivity index (χ1n) is 13.8. The zero-order valence-electron chi connectivity index (χ0n) is 23.4. The maximum absolute atomic E-state index is 13.6. The fourth-order valence-electron chi connectivity index (χ4n) is 4.41. The number of amides is 4. The van der Waals surface area contributed by atoms with Gasteiger partial charge in [-0.3, -0.25) is 14.4 Å². The Morgan fingerprint density at radius 1 is 0.674 bits per heavy atom. The van der Waals surface area contributed by atoms with Crippen molar-refractivity contribution in [3.8, 4) is 0 Å². The number of rotatable bonds is 14. The Morgan fingerprint density at radius 3 is 1.67 bits per heavy atom. The molecule has 3 aromatic carbocycles. The zero-order chi connectivity index (χ0) is 30.4. The van der Waals surface area contributed by atoms with E-state index in [9.17, 15) is 19.2 Å². The van der Waals surface area contributed by atoms with Crippen molar-refractivity contribution in [1.29, 1.82) is 0 Å². The average Bonchev–Trinajstić information content (AvgIpc) is 3.54. The summed E-state index contributed by atoms with van der Waals surface area (Å²) in [5, 5.41) is 8.05. The minimum Gasteiger partial charge on any atom is -0.445 e. The van der Waals surface area contributed by atoms with Crippen molar-refractivity contribution in [2.45, 2.75) is 44.0 Å². The highest BCUT2D eigenvalue weighted by Crippen LogP contribution is 2.09. The van der Waals surface area contributed by atoms with E-state index in [0.717, 1.165) is 16.7 Å². The molecule has 0 unspecified atom stereocenters. The van der Waals surface area contributed by atoms with Crippen LogP contribution in [0.3, 0.4) is 0 Å². The van der Waals surface area contributed by atoms with Crippen molar-refractivity contribution in [3.63, 3.8) is 0 Å². The third-order valence-corrected chi connectivity index (χ3v) is 6.66. The standard InChI is InChI=1S/C32H34N6O5/c33-29(39)26(16-22-10-4-1-5-11-22)36-30(40)27(17-23-12-6-2-7-13-23)37-31(41)28(18-25-19-34-21-35-25)38-32(42)43-20-24-14-8-3-9-15-24/h1-15,19,21,26-28H,16-18,20H2,(H2,33,39)(H,34,35)(H,36,40)(H,37,41)(H,38,42)/t26-,27-,28-/m0/s1. The number of aromatic nitrogens is 2. The van der Waals surface area contributed by atoms with Crippen molar-refractivity contribution >= 4 is 23.8 Å². The van der Waals surface area contributed by atoms with Crippen LogP contribution < -0.4 is 21.7 Å². The summed E-state index contributed by atoms with van der Waals surface area (Å²) in [6, 6.07) is 24.2. The molecular formula is C32H34N6O5. The van der Waals surface area contributed by atoms with Crippen LogP contribution in [0.4, 0.5) is 4.79 Å². The van der Waals surface area contributed by atoms with E-state index in [1.807, 2.05) is 91.0 Å². The number of aromatic amines is 1. The number of hydrogen-bond donors (Lipinski definition) is 5. The molecular weight excluding hydrogens is 548 g/mol. The summed E-state index contributed by atoms with van der Waals surface area (Å²) in [6.45, 7) is 0.0139. The summed E-state index contributed by atoms with van der Waals surface area (Å²) in [5.41, 5.74) is 8.59. The molecule has 11 nitrogen and oxygen atoms in total. The van der Waals surface area contributed by atoms with Gasteiger partial charge in [-0.1, -0.05) is 91.0 Å². The van der Waals surface area contributed by atoms with Crippen LogP contribution in [0.2, 0.25) is 0 Å². The predicted octanol–water partition coefficient (Wildman–Crippen LogP) is 2.19. The van der Waals surface area contributed by atoms with Gasteiger partial charge in [0.05, 0.1) is 6.33 Å². The maximum Gasteiger partial charge on any atom is 0.408 e. The van der Waals surface area contributed by atoms with Crippen molar-refractivity contribution in [2.75, 3.05) is 0 Å². The second kappa shape index (κ2) is 15.5. The van der Waals surface area contributed by atoms with Gasteiger partial charge in [-0.15, -0.1) is 0 Å². The first-order valence-corrected chi connectivity index (χ1v) is 13.8. The van der Waals surface area contributed by atoms with Crippen LogP contribution in [-0.4, -0.2) is 51.9 Å². The lowest BCUT2D eigenvalue weighted by molar-refractivity contribution is -0.132. The van der Waals surface area contributed by atoms with E-state index in [1.165, 1.54) is 12.5 Å². The van der Waals surface area contributed by atoms with Gasteiger partial charge in [0.2, 0.25) is 17.7 Å². The quantitative estimate of drug-likeness (QED) is 0.153. The molecule has 0 fully saturated rings. The number of nitrogens with one attached hydrogen (secondary N) is 4. The minimum absolute atomic E-state index is 0.0139. The summed E-state index contributed by atoms with van der Waals surface area (Å²) in [6.07, 6.45) is 2.57. The van der Waals surface area contributed by atoms with Crippen LogP contribution in [-0.2, 0) is 45.0 Å². The molecule has 4 amide bonds. The van der Waals surface area contributed by atoms with Crippen molar-refractivity contribution < 1.29 is 23.9 Å². The molecule has 4 aromatic rings. The molecule has 6 N–H and O–H groups in total. The van der Waals surface area contributed by atoms with Gasteiger partial charge in [0, 0.05) is 31.2 Å². The van der Waals surface area contributed by atoms with E-state index >= 15 is 0 Å². The molecule has 43 heavy (non-hydrogen) atoms. The molecule has 0 aliphatic rings. The summed E-state index contributed by atoms with van der Waals surface area (Å²) in [4.78, 5) is 59.0. The summed E-state index contributed by atoms with van der Waals surface area (Å²) in [5.74, 6) is -1.92. The lowest BCUT2D eigenvalue weighted by Crippen LogP contribution is -2.57. The number of carbonyl (C=O) groups excluding carboxylic acids is 4. The number of hydrogen-bond acceptors (Lipinski definition) is 6. The number of H-pyrrole nitrogens is 1. The van der Waals surface area contributed by atoms with Gasteiger partial charge in [0.25, 0.3) is 0 Å². The highest BCUT2D eigenvalue weighted by molar-refractivity contribution is 5.94. The molecule has 0 radical (unpaired) electrons. The fraction of sp³-hybridized carbons (Fsp3) is 0.219. The molecule has 0 bridgehead atoms. The predicted molar refractivity (Wildman–Crippen MR) is 159 cm³/mol. The van der Waals surface area contributed by atoms with Gasteiger partial charge in [0.15, 0.2) is 0 Å². The first kappa shape index (κ1) is 30.5. The molecule has 1 heterocycles. The second-order valence-electron chi connectivity index (χ2n) is 9.94. The molecule has 0 aliphatic carbocycles. The van der Waals surface area contributed by atoms with E-state index in [1.54, 1.807) is 0 Å². The summed E-state index contributed by atoms with van der Waals surface area (Å²) in [7, 11) is 0. The Labute approximate surface area is 249 Å². The fourth-order valence-corrected chi connectivity index (χ4v) is 4.41. The van der Waals surface area contributed by atoms with Crippen LogP contribution in [0.15, 0.2) is 104 Å². The van der Waals surface area contributed by atoms with Crippen LogP contribution >= 0.6 is 0 Å². The number of nitrogens with two attached hydrogens (primary N) is 1. The lowest BCUT2D eigenvalue weighted by Gasteiger charge is -2.25. The molecule has 11 heteroatoms. The molecule has 0 spiro atoms. The summed E-state index contributed by atoms with van der Waals surface area (Å²) < 4.78 is 5.33. The van der Waals surface area contributed by atoms with E-state index in [0.29, 0.717) is 5.69 Å². The smallest absolute Gasteiger partial charge is 0.408 e. The number of alkyl carbamates (subject to hydrolysis) is 1. The normalized spacial score (nSPS) is 12.7. The average molecular weight is 583 g/mol. The number of carbonyl (C=O) groups is 4. The maximum atomic E-state index is 13.6. The molecule has 0 aliphatic heterocycles. The van der Waals surface area contributed by atoms with Gasteiger partial charge in [-0.25, -0.2) is 9.78 Å². The highest BCUT2D eigenvalue weighted by Gasteiger charge is 2.30. The Balaban J connectivity index is 1.49. The highest BCUT2D eigenvalue weighted by atomic mass is 16.5. The molecule has 0 saturated carbocycles. The minimum atomic E-state index is -1.11. The molecule has 1 aromatic heterocycles. The first-order chi connectivity index (χ1) is 20.9. The van der Waals surface area contributed by atoms with Gasteiger partial charge in [-0.2, -0.15) is 0 Å². The van der Waals surface area contributed by atoms with Crippen molar-refractivity contribution in [2.24, 2.45) is 5.73 Å². The Kier molecular flexibility index (Phi) is 11.0. The second-order valence-corrected chi connectivity index (χ2v) is 9.94. The van der Waals surface area contributed by atoms with Crippen LogP contribution in [0.1, 0.15) is 22.4 Å². The molecule has 4 rings (SSSR count). The third kappa shape index (κ3) is 9.85. The van der Waals surface area contributed by atoms with E-state index in [-0.39, 0.29) is 25.9 Å². The largest absolute Gasteiger partial charge is 0.445 e. The SMILES string of the molecule is NC(=O)[C@H](Cc1ccccc1)NC(=O)[C@H](Cc1ccccc1)NC(=O)[C@H](Cc1cnc[nH]1)NC(=O)OCc1ccccc1. The van der Waals surface area contributed by atoms with Crippen molar-refractivity contribution in [3.05, 3.63) is 126 Å². The Bertz CT molecular complexity index is 1470. The van der Waals surface area contributed by atoms with Crippen LogP contribution in [0, 0.1) is 0 Å². The van der Waals surface area contributed by atoms with E-state index in [4.69, 9.17) is 10.5 Å². The monoisotopic (exact) mass is 582 g/mol. The molecule has 3 atom stereocenters. The van der Waals surface area contributed by atoms with E-state index < -0.39 is 41.9 Å². The topological polar surface area (TPSA) is 168 Å². The third-order valence-electron chi connectivity index (χ3n) is 6.66. The number of primary amides is 1. The number of nitrogens with zero attached hydrogens (tertiary/aromatic N) is 1. The molecule has 0 saturated heterocycles. The number of ether oxygens (including phenoxy) is 1. The van der Waals surface area contributed by atoms with Crippen LogP contribution in [0.25, 0.3) is 0 Å². The van der Waals surface area contributed by atoms with Gasteiger partial charge in [0.1, 0.15) is 24.7 Å². The lowest BCUT2D eigenvalue weighted by atomic mass is 10.0. The Morgan fingerprint density at radius 2 is 1.16 bits per heavy atom. The van der Waals surface area contributed by atoms with Gasteiger partial charge < -0.3 is 31.4 Å². The molecule has 222 valence electrons. The van der Waals surface area contributed by atoms with E-state index in [2.05, 4.69) is 25.9 Å². The van der Waals surface area contributed by atoms with Crippen molar-refractivity contribution in [1.82, 2.24) is 25.9 Å². The number of benzene rings is 3.